The molecule has 20 nitrogen and oxygen atoms in total. The summed E-state index contributed by atoms with van der Waals surface area (Å²) < 4.78 is 125. The number of hydrogen-bond donors (Lipinski definition) is 8. The summed E-state index contributed by atoms with van der Waals surface area (Å²) in [5.41, 5.74) is 0. The monoisotopic (exact) mass is 860 g/mol. The van der Waals surface area contributed by atoms with E-state index in [1.807, 2.05) is 0 Å². The van der Waals surface area contributed by atoms with Crippen LogP contribution < -0.4 is 0 Å². The molecule has 0 bridgehead atoms. The van der Waals surface area contributed by atoms with E-state index in [0.717, 1.165) is 48.5 Å². The van der Waals surface area contributed by atoms with Crippen molar-refractivity contribution in [3.05, 3.63) is 72.8 Å². The molecule has 264 valence electrons. The summed E-state index contributed by atoms with van der Waals surface area (Å²) in [7, 11) is -18.9. The predicted octanol–water partition coefficient (Wildman–Crippen LogP) is -0.376. The van der Waals surface area contributed by atoms with Crippen LogP contribution in [-0.4, -0.2) is 130 Å². The van der Waals surface area contributed by atoms with Gasteiger partial charge in [0.15, 0.2) is 0 Å². The summed E-state index contributed by atoms with van der Waals surface area (Å²) in [6, 6.07) is 10.8. The summed E-state index contributed by atoms with van der Waals surface area (Å²) in [6.07, 6.45) is 0. The molecule has 50 heavy (non-hydrogen) atoms. The van der Waals surface area contributed by atoms with Crippen LogP contribution in [0.25, 0.3) is 0 Å². The van der Waals surface area contributed by atoms with E-state index >= 15 is 0 Å². The van der Waals surface area contributed by atoms with Crippen LogP contribution in [-0.2, 0) is 60.0 Å². The standard InChI is InChI=1S/4C6H6O5S.Ca.Zn/c4*7-4-1-2-5(8)6(3-4)12(9,10)11;;/h4*1-3,7-8H,(H,9,10,11);;/q;;;;2*+2/p-4. The van der Waals surface area contributed by atoms with E-state index in [2.05, 4.69) is 0 Å². The van der Waals surface area contributed by atoms with Crippen molar-refractivity contribution in [3.8, 4) is 46.0 Å². The second kappa shape index (κ2) is 19.4. The van der Waals surface area contributed by atoms with E-state index < -0.39 is 83.1 Å². The quantitative estimate of drug-likeness (QED) is 0.0736. The zero-order chi connectivity index (χ0) is 37.4. The number of phenols is 8. The van der Waals surface area contributed by atoms with Gasteiger partial charge in [-0.05, 0) is 48.5 Å². The molecule has 0 radical (unpaired) electrons. The van der Waals surface area contributed by atoms with Gasteiger partial charge in [0.2, 0.25) is 0 Å². The van der Waals surface area contributed by atoms with Crippen LogP contribution in [0.3, 0.4) is 0 Å². The van der Waals surface area contributed by atoms with Gasteiger partial charge in [-0.3, -0.25) is 0 Å². The Morgan fingerprint density at radius 1 is 0.340 bits per heavy atom. The molecule has 0 fully saturated rings. The van der Waals surface area contributed by atoms with Crippen molar-refractivity contribution in [1.29, 1.82) is 0 Å². The SMILES string of the molecule is O=S(=O)([O-])c1cc(O)ccc1O.O=S(=O)([O-])c1cc(O)ccc1O.O=S(=O)([O-])c1cc(O)ccc1O.O=S(=O)([O-])c1cc(O)ccc1O.[Ca+2].[Zn+2]. The number of rotatable bonds is 4. The maximum Gasteiger partial charge on any atom is 2.00 e. The summed E-state index contributed by atoms with van der Waals surface area (Å²) in [5, 5.41) is 70.7. The number of phenolic OH excluding ortho intramolecular Hbond substituents is 8. The molecule has 0 saturated heterocycles. The van der Waals surface area contributed by atoms with Crippen LogP contribution in [0.2, 0.25) is 0 Å². The second-order valence-electron chi connectivity index (χ2n) is 8.42. The largest absolute Gasteiger partial charge is 2.00 e. The van der Waals surface area contributed by atoms with Crippen molar-refractivity contribution in [2.24, 2.45) is 0 Å². The number of aromatic hydroxyl groups is 8. The Morgan fingerprint density at radius 3 is 0.580 bits per heavy atom. The van der Waals surface area contributed by atoms with E-state index in [1.54, 1.807) is 0 Å². The molecule has 0 atom stereocenters. The number of benzene rings is 4. The van der Waals surface area contributed by atoms with Gasteiger partial charge in [0.25, 0.3) is 0 Å². The minimum Gasteiger partial charge on any atom is -0.744 e. The van der Waals surface area contributed by atoms with Crippen LogP contribution in [0.5, 0.6) is 46.0 Å². The fourth-order valence-corrected chi connectivity index (χ4v) is 5.17. The van der Waals surface area contributed by atoms with Gasteiger partial charge in [0.05, 0.1) is 19.6 Å². The Bertz CT molecular complexity index is 1910. The molecule has 26 heteroatoms. The van der Waals surface area contributed by atoms with Crippen LogP contribution in [0, 0.1) is 0 Å². The Hall–Kier alpha value is -3.20. The second-order valence-corrected chi connectivity index (χ2v) is 13.8. The molecule has 0 unspecified atom stereocenters. The van der Waals surface area contributed by atoms with Crippen LogP contribution in [0.15, 0.2) is 92.4 Å². The van der Waals surface area contributed by atoms with Crippen LogP contribution >= 0.6 is 0 Å². The van der Waals surface area contributed by atoms with Crippen molar-refractivity contribution in [1.82, 2.24) is 0 Å². The molecule has 0 aliphatic carbocycles. The fourth-order valence-electron chi connectivity index (χ4n) is 2.81. The van der Waals surface area contributed by atoms with Gasteiger partial charge in [-0.15, -0.1) is 0 Å². The molecular weight excluding hydrogens is 842 g/mol. The molecular formula is C24H20CaO20S4Zn. The average molecular weight is 862 g/mol. The minimum absolute atomic E-state index is 0. The summed E-state index contributed by atoms with van der Waals surface area (Å²) in [6.45, 7) is 0. The van der Waals surface area contributed by atoms with E-state index in [0.29, 0.717) is 24.3 Å². The third-order valence-electron chi connectivity index (χ3n) is 4.85. The van der Waals surface area contributed by atoms with Gasteiger partial charge in [-0.1, -0.05) is 0 Å². The molecule has 0 aromatic heterocycles. The van der Waals surface area contributed by atoms with Gasteiger partial charge in [0.1, 0.15) is 86.5 Å². The molecule has 0 aliphatic rings. The molecule has 4 rings (SSSR count). The Labute approximate surface area is 325 Å². The molecule has 0 heterocycles. The van der Waals surface area contributed by atoms with Crippen LogP contribution in [0.4, 0.5) is 0 Å². The molecule has 0 spiro atoms. The van der Waals surface area contributed by atoms with E-state index in [-0.39, 0.29) is 80.2 Å². The smallest absolute Gasteiger partial charge is 0.744 e. The first-order valence-corrected chi connectivity index (χ1v) is 17.2. The van der Waals surface area contributed by atoms with Crippen molar-refractivity contribution in [2.45, 2.75) is 19.6 Å². The van der Waals surface area contributed by atoms with Gasteiger partial charge in [0, 0.05) is 24.3 Å². The zero-order valence-electron chi connectivity index (χ0n) is 24.5. The normalized spacial score (nSPS) is 11.0. The topological polar surface area (TPSA) is 391 Å². The maximum atomic E-state index is 10.4. The zero-order valence-corrected chi connectivity index (χ0v) is 32.9. The van der Waals surface area contributed by atoms with Crippen molar-refractivity contribution >= 4 is 78.2 Å². The minimum atomic E-state index is -4.72. The fraction of sp³-hybridized carbons (Fsp3) is 0. The number of hydrogen-bond acceptors (Lipinski definition) is 20. The first kappa shape index (κ1) is 48.9. The molecule has 4 aromatic carbocycles. The van der Waals surface area contributed by atoms with Gasteiger partial charge in [-0.2, -0.15) is 0 Å². The summed E-state index contributed by atoms with van der Waals surface area (Å²) in [5.74, 6) is -4.20. The molecule has 4 aromatic rings. The first-order valence-electron chi connectivity index (χ1n) is 11.6. The maximum absolute atomic E-state index is 10.4. The Kier molecular flexibility index (Phi) is 19.0. The third-order valence-corrected chi connectivity index (χ3v) is 8.31. The third kappa shape index (κ3) is 16.2. The van der Waals surface area contributed by atoms with Gasteiger partial charge in [-0.25, -0.2) is 33.7 Å². The molecule has 8 N–H and O–H groups in total. The van der Waals surface area contributed by atoms with Crippen molar-refractivity contribution < 1.29 is 112 Å². The van der Waals surface area contributed by atoms with E-state index in [9.17, 15) is 51.9 Å². The summed E-state index contributed by atoms with van der Waals surface area (Å²) in [4.78, 5) is -3.27. The molecule has 0 saturated carbocycles. The average Bonchev–Trinajstić information content (AvgIpc) is 2.93. The Balaban J connectivity index is 0. The van der Waals surface area contributed by atoms with Crippen LogP contribution in [0.1, 0.15) is 0 Å². The molecule has 0 aliphatic heterocycles. The van der Waals surface area contributed by atoms with Gasteiger partial charge >= 0.3 is 57.2 Å². The summed E-state index contributed by atoms with van der Waals surface area (Å²) >= 11 is 0. The van der Waals surface area contributed by atoms with Gasteiger partial charge < -0.3 is 59.1 Å². The predicted molar refractivity (Wildman–Crippen MR) is 157 cm³/mol. The van der Waals surface area contributed by atoms with E-state index in [4.69, 9.17) is 40.9 Å². The molecule has 0 amide bonds. The van der Waals surface area contributed by atoms with Crippen molar-refractivity contribution in [3.63, 3.8) is 0 Å². The first-order chi connectivity index (χ1) is 21.6. The van der Waals surface area contributed by atoms with E-state index in [1.165, 1.54) is 0 Å². The Morgan fingerprint density at radius 2 is 0.480 bits per heavy atom. The van der Waals surface area contributed by atoms with Crippen molar-refractivity contribution in [2.75, 3.05) is 0 Å².